The maximum atomic E-state index is 13.3. The average Bonchev–Trinajstić information content (AvgIpc) is 3.47. The monoisotopic (exact) mass is 548 g/mol. The molecule has 0 bridgehead atoms. The van der Waals surface area contributed by atoms with Crippen molar-refractivity contribution in [1.29, 1.82) is 0 Å². The van der Waals surface area contributed by atoms with Crippen LogP contribution < -0.4 is 10.1 Å². The van der Waals surface area contributed by atoms with E-state index in [2.05, 4.69) is 14.9 Å². The summed E-state index contributed by atoms with van der Waals surface area (Å²) in [4.78, 5) is 40.6. The predicted molar refractivity (Wildman–Crippen MR) is 144 cm³/mol. The van der Waals surface area contributed by atoms with Crippen molar-refractivity contribution < 1.29 is 23.9 Å². The molecule has 3 aromatic rings. The minimum absolute atomic E-state index is 0.0381. The summed E-state index contributed by atoms with van der Waals surface area (Å²) in [5.41, 5.74) is 3.12. The summed E-state index contributed by atoms with van der Waals surface area (Å²) in [6, 6.07) is 15.8. The van der Waals surface area contributed by atoms with E-state index in [4.69, 9.17) is 9.47 Å². The molecule has 2 aromatic carbocycles. The summed E-state index contributed by atoms with van der Waals surface area (Å²) < 4.78 is 14.6. The second kappa shape index (κ2) is 11.6. The van der Waals surface area contributed by atoms with Gasteiger partial charge in [-0.3, -0.25) is 14.5 Å². The minimum atomic E-state index is -0.714. The van der Waals surface area contributed by atoms with Gasteiger partial charge in [0.1, 0.15) is 29.5 Å². The van der Waals surface area contributed by atoms with Gasteiger partial charge >= 0.3 is 5.97 Å². The normalized spacial score (nSPS) is 18.7. The molecule has 2 amide bonds. The lowest BCUT2D eigenvalue weighted by Gasteiger charge is -2.49. The van der Waals surface area contributed by atoms with E-state index >= 15 is 0 Å². The van der Waals surface area contributed by atoms with Crippen LogP contribution in [-0.4, -0.2) is 56.5 Å². The molecule has 38 heavy (non-hydrogen) atoms. The number of carbonyl (C=O) groups is 3. The number of nitrogens with one attached hydrogen (secondary N) is 1. The molecule has 1 unspecified atom stereocenters. The van der Waals surface area contributed by atoms with E-state index in [1.807, 2.05) is 42.5 Å². The van der Waals surface area contributed by atoms with E-state index in [0.29, 0.717) is 22.8 Å². The van der Waals surface area contributed by atoms with Gasteiger partial charge in [-0.15, -0.1) is 16.9 Å². The molecule has 1 N–H and O–H groups in total. The van der Waals surface area contributed by atoms with Gasteiger partial charge in [-0.25, -0.2) is 4.79 Å². The third kappa shape index (κ3) is 5.63. The van der Waals surface area contributed by atoms with E-state index in [0.717, 1.165) is 11.1 Å². The summed E-state index contributed by atoms with van der Waals surface area (Å²) in [6.45, 7) is 0.0381. The summed E-state index contributed by atoms with van der Waals surface area (Å²) in [5, 5.41) is 8.22. The Morgan fingerprint density at radius 1 is 1.11 bits per heavy atom. The van der Waals surface area contributed by atoms with Crippen LogP contribution in [0.5, 0.6) is 5.75 Å². The molecule has 1 saturated heterocycles. The molecule has 0 radical (unpaired) electrons. The van der Waals surface area contributed by atoms with Crippen molar-refractivity contribution >= 4 is 47.2 Å². The van der Waals surface area contributed by atoms with Crippen LogP contribution in [0, 0.1) is 0 Å². The van der Waals surface area contributed by atoms with Crippen LogP contribution in [0.3, 0.4) is 0 Å². The van der Waals surface area contributed by atoms with Crippen LogP contribution in [0.2, 0.25) is 0 Å². The molecule has 0 spiro atoms. The van der Waals surface area contributed by atoms with Gasteiger partial charge in [-0.05, 0) is 46.4 Å². The second-order valence-corrected chi connectivity index (χ2v) is 10.3. The number of thioether (sulfide) groups is 1. The van der Waals surface area contributed by atoms with E-state index in [9.17, 15) is 14.4 Å². The molecular formula is C27H24N4O5S2. The Kier molecular flexibility index (Phi) is 7.85. The number of benzene rings is 2. The molecule has 1 fully saturated rings. The first-order chi connectivity index (χ1) is 18.5. The fourth-order valence-electron chi connectivity index (χ4n) is 4.14. The largest absolute Gasteiger partial charge is 0.497 e. The number of amides is 2. The topological polar surface area (TPSA) is 111 Å². The van der Waals surface area contributed by atoms with Crippen molar-refractivity contribution in [2.45, 2.75) is 24.4 Å². The maximum Gasteiger partial charge on any atom is 0.355 e. The first kappa shape index (κ1) is 25.7. The Hall–Kier alpha value is -3.96. The zero-order valence-electron chi connectivity index (χ0n) is 20.4. The molecule has 194 valence electrons. The first-order valence-electron chi connectivity index (χ1n) is 11.8. The van der Waals surface area contributed by atoms with Crippen LogP contribution in [0.4, 0.5) is 0 Å². The summed E-state index contributed by atoms with van der Waals surface area (Å²) in [6.07, 6.45) is 3.68. The lowest BCUT2D eigenvalue weighted by Crippen LogP contribution is -2.70. The standard InChI is InChI=1S/C27H24N4O5S2/c1-35-21-11-7-18(8-12-21)14-36-27(34)24-19(9-10-20-16-38-30-29-20)15-37-26-23(25(33)31(24)26)28-22(32)13-17-5-3-2-4-6-17/h2-12,16,23,26H,13-15H2,1H3,(H,28,32)/b10-9-/t23?,26-/m1/s1. The number of nitrogens with zero attached hydrogens (tertiary/aromatic N) is 3. The van der Waals surface area contributed by atoms with Gasteiger partial charge in [0, 0.05) is 11.1 Å². The molecule has 2 aliphatic heterocycles. The third-order valence-corrected chi connectivity index (χ3v) is 7.90. The van der Waals surface area contributed by atoms with Crippen molar-refractivity contribution in [2.75, 3.05) is 12.9 Å². The van der Waals surface area contributed by atoms with E-state index in [-0.39, 0.29) is 30.5 Å². The van der Waals surface area contributed by atoms with E-state index in [1.54, 1.807) is 36.8 Å². The maximum absolute atomic E-state index is 13.3. The Labute approximate surface area is 227 Å². The van der Waals surface area contributed by atoms with Gasteiger partial charge < -0.3 is 14.8 Å². The number of aromatic nitrogens is 2. The first-order valence-corrected chi connectivity index (χ1v) is 13.7. The van der Waals surface area contributed by atoms with Gasteiger partial charge in [0.25, 0.3) is 5.91 Å². The fourth-order valence-corrected chi connectivity index (χ4v) is 5.88. The molecule has 1 aromatic heterocycles. The molecule has 9 nitrogen and oxygen atoms in total. The number of hydrogen-bond acceptors (Lipinski definition) is 9. The van der Waals surface area contributed by atoms with Gasteiger partial charge in [0.15, 0.2) is 0 Å². The molecule has 5 rings (SSSR count). The molecule has 2 atom stereocenters. The van der Waals surface area contributed by atoms with Gasteiger partial charge in [-0.2, -0.15) is 0 Å². The van der Waals surface area contributed by atoms with E-state index < -0.39 is 17.4 Å². The SMILES string of the molecule is COc1ccc(COC(=O)C2=C(/C=C\c3csnn3)CS[C@@H]3C(NC(=O)Cc4ccccc4)C(=O)N23)cc1. The fraction of sp³-hybridized carbons (Fsp3) is 0.222. The number of methoxy groups -OCH3 is 1. The Balaban J connectivity index is 1.32. The predicted octanol–water partition coefficient (Wildman–Crippen LogP) is 3.20. The Morgan fingerprint density at radius 2 is 1.89 bits per heavy atom. The highest BCUT2D eigenvalue weighted by Crippen LogP contribution is 2.41. The van der Waals surface area contributed by atoms with Crippen molar-refractivity contribution in [2.24, 2.45) is 0 Å². The number of rotatable bonds is 9. The molecule has 2 aliphatic rings. The highest BCUT2D eigenvalue weighted by Gasteiger charge is 2.54. The minimum Gasteiger partial charge on any atom is -0.497 e. The van der Waals surface area contributed by atoms with Crippen LogP contribution in [0.25, 0.3) is 6.08 Å². The van der Waals surface area contributed by atoms with Crippen molar-refractivity contribution in [1.82, 2.24) is 19.8 Å². The molecular weight excluding hydrogens is 524 g/mol. The molecule has 3 heterocycles. The summed E-state index contributed by atoms with van der Waals surface area (Å²) >= 11 is 2.71. The van der Waals surface area contributed by atoms with Gasteiger partial charge in [0.2, 0.25) is 5.91 Å². The number of allylic oxidation sites excluding steroid dienone is 1. The number of hydrogen-bond donors (Lipinski definition) is 1. The van der Waals surface area contributed by atoms with Crippen LogP contribution in [0.15, 0.2) is 77.3 Å². The molecule has 0 aliphatic carbocycles. The Bertz CT molecular complexity index is 1370. The number of carbonyl (C=O) groups excluding carboxylic acids is 3. The smallest absolute Gasteiger partial charge is 0.355 e. The van der Waals surface area contributed by atoms with Gasteiger partial charge in [-0.1, -0.05) is 53.0 Å². The van der Waals surface area contributed by atoms with Crippen molar-refractivity contribution in [3.05, 3.63) is 94.1 Å². The number of fused-ring (bicyclic) bond motifs is 1. The number of ether oxygens (including phenoxy) is 2. The van der Waals surface area contributed by atoms with Crippen molar-refractivity contribution in [3.8, 4) is 5.75 Å². The highest BCUT2D eigenvalue weighted by molar-refractivity contribution is 8.00. The Morgan fingerprint density at radius 3 is 2.61 bits per heavy atom. The number of β-lactam (4-membered cyclic amide) rings is 1. The number of esters is 1. The molecule has 0 saturated carbocycles. The molecule has 11 heteroatoms. The van der Waals surface area contributed by atoms with Crippen LogP contribution >= 0.6 is 23.3 Å². The summed E-state index contributed by atoms with van der Waals surface area (Å²) in [5.74, 6) is -0.0408. The highest BCUT2D eigenvalue weighted by atomic mass is 32.2. The summed E-state index contributed by atoms with van der Waals surface area (Å²) in [7, 11) is 1.58. The lowest BCUT2D eigenvalue weighted by atomic mass is 10.0. The van der Waals surface area contributed by atoms with Crippen molar-refractivity contribution in [3.63, 3.8) is 0 Å². The zero-order chi connectivity index (χ0) is 26.5. The van der Waals surface area contributed by atoms with Crippen LogP contribution in [0.1, 0.15) is 16.8 Å². The van der Waals surface area contributed by atoms with Gasteiger partial charge in [0.05, 0.1) is 19.2 Å². The van der Waals surface area contributed by atoms with Crippen LogP contribution in [-0.2, 0) is 32.1 Å². The quantitative estimate of drug-likeness (QED) is 0.321. The second-order valence-electron chi connectivity index (χ2n) is 8.58. The lowest BCUT2D eigenvalue weighted by molar-refractivity contribution is -0.153. The third-order valence-electron chi connectivity index (χ3n) is 6.08. The zero-order valence-corrected chi connectivity index (χ0v) is 22.0. The average molecular weight is 549 g/mol. The van der Waals surface area contributed by atoms with E-state index in [1.165, 1.54) is 28.2 Å².